The predicted molar refractivity (Wildman–Crippen MR) is 102 cm³/mol. The largest absolute Gasteiger partial charge is 0.395 e. The molecule has 23 heavy (non-hydrogen) atoms. The molecule has 0 aromatic heterocycles. The topological polar surface area (TPSA) is 43.7 Å². The van der Waals surface area contributed by atoms with Crippen molar-refractivity contribution >= 4 is 11.8 Å². The van der Waals surface area contributed by atoms with Gasteiger partial charge in [0.1, 0.15) is 0 Å². The minimum Gasteiger partial charge on any atom is -0.395 e. The highest BCUT2D eigenvalue weighted by molar-refractivity contribution is 7.99. The van der Waals surface area contributed by atoms with E-state index in [1.807, 2.05) is 18.7 Å². The lowest BCUT2D eigenvalue weighted by molar-refractivity contribution is -0.0593. The number of hydrogen-bond acceptors (Lipinski definition) is 4. The van der Waals surface area contributed by atoms with Gasteiger partial charge in [-0.1, -0.05) is 52.9 Å². The van der Waals surface area contributed by atoms with Crippen molar-refractivity contribution in [1.82, 2.24) is 4.90 Å². The molecule has 4 heteroatoms. The summed E-state index contributed by atoms with van der Waals surface area (Å²) in [5, 5.41) is 20.7. The van der Waals surface area contributed by atoms with Crippen molar-refractivity contribution in [3.63, 3.8) is 0 Å². The molecule has 138 valence electrons. The van der Waals surface area contributed by atoms with Crippen LogP contribution in [0.15, 0.2) is 0 Å². The van der Waals surface area contributed by atoms with Gasteiger partial charge in [0, 0.05) is 24.6 Å². The summed E-state index contributed by atoms with van der Waals surface area (Å²) in [4.78, 5) is 2.28. The molecule has 2 N–H and O–H groups in total. The van der Waals surface area contributed by atoms with Gasteiger partial charge in [0.25, 0.3) is 0 Å². The molecule has 0 spiro atoms. The van der Waals surface area contributed by atoms with Gasteiger partial charge in [-0.25, -0.2) is 0 Å². The van der Waals surface area contributed by atoms with Gasteiger partial charge < -0.3 is 10.2 Å². The Kier molecular flexibility index (Phi) is 10.1. The zero-order valence-corrected chi connectivity index (χ0v) is 16.6. The fraction of sp³-hybridized carbons (Fsp3) is 1.00. The highest BCUT2D eigenvalue weighted by Gasteiger charge is 2.36. The van der Waals surface area contributed by atoms with E-state index < -0.39 is 5.60 Å². The van der Waals surface area contributed by atoms with Crippen molar-refractivity contribution in [2.45, 2.75) is 77.9 Å². The molecule has 0 aliphatic carbocycles. The Hall–Kier alpha value is 0.230. The molecule has 3 unspecified atom stereocenters. The van der Waals surface area contributed by atoms with Crippen LogP contribution in [0.1, 0.15) is 66.2 Å². The van der Waals surface area contributed by atoms with Gasteiger partial charge in [0.2, 0.25) is 0 Å². The molecule has 0 saturated carbocycles. The van der Waals surface area contributed by atoms with Crippen molar-refractivity contribution in [3.8, 4) is 0 Å². The van der Waals surface area contributed by atoms with E-state index in [0.717, 1.165) is 49.3 Å². The van der Waals surface area contributed by atoms with Gasteiger partial charge in [-0.2, -0.15) is 11.8 Å². The molecular formula is C19H39NO2S. The maximum Gasteiger partial charge on any atom is 0.0796 e. The second-order valence-corrected chi connectivity index (χ2v) is 9.25. The van der Waals surface area contributed by atoms with Crippen molar-refractivity contribution in [2.24, 2.45) is 11.8 Å². The van der Waals surface area contributed by atoms with Crippen LogP contribution >= 0.6 is 11.8 Å². The van der Waals surface area contributed by atoms with Crippen LogP contribution in [0.3, 0.4) is 0 Å². The fourth-order valence-corrected chi connectivity index (χ4v) is 4.52. The summed E-state index contributed by atoms with van der Waals surface area (Å²) >= 11 is 1.96. The molecule has 1 fully saturated rings. The zero-order valence-electron chi connectivity index (χ0n) is 15.8. The first-order chi connectivity index (χ1) is 10.9. The van der Waals surface area contributed by atoms with E-state index in [9.17, 15) is 10.2 Å². The molecule has 0 amide bonds. The Bertz CT molecular complexity index is 304. The first kappa shape index (κ1) is 21.3. The minimum atomic E-state index is -0.783. The number of rotatable bonds is 11. The highest BCUT2D eigenvalue weighted by Crippen LogP contribution is 2.27. The molecule has 3 atom stereocenters. The van der Waals surface area contributed by atoms with Gasteiger partial charge in [-0.05, 0) is 25.2 Å². The maximum atomic E-state index is 10.9. The Labute approximate surface area is 148 Å². The van der Waals surface area contributed by atoms with Crippen LogP contribution in [0.5, 0.6) is 0 Å². The number of hydrogen-bond donors (Lipinski definition) is 2. The quantitative estimate of drug-likeness (QED) is 0.598. The van der Waals surface area contributed by atoms with E-state index in [0.29, 0.717) is 0 Å². The average molecular weight is 346 g/mol. The van der Waals surface area contributed by atoms with Crippen LogP contribution in [-0.2, 0) is 0 Å². The SMILES string of the molecule is CC(C)CCCC(C)CCCC(C)(O)C(CO)N1CCSCC1. The summed E-state index contributed by atoms with van der Waals surface area (Å²) in [6, 6.07) is -0.111. The molecule has 0 bridgehead atoms. The monoisotopic (exact) mass is 345 g/mol. The van der Waals surface area contributed by atoms with E-state index >= 15 is 0 Å². The molecule has 3 nitrogen and oxygen atoms in total. The molecular weight excluding hydrogens is 306 g/mol. The molecule has 1 aliphatic rings. The Morgan fingerprint density at radius 3 is 2.22 bits per heavy atom. The van der Waals surface area contributed by atoms with Crippen LogP contribution < -0.4 is 0 Å². The van der Waals surface area contributed by atoms with E-state index in [1.54, 1.807) is 0 Å². The third kappa shape index (κ3) is 8.24. The fourth-order valence-electron chi connectivity index (χ4n) is 3.59. The highest BCUT2D eigenvalue weighted by atomic mass is 32.2. The first-order valence-corrected chi connectivity index (χ1v) is 10.7. The standard InChI is InChI=1S/C19H39NO2S/c1-16(2)7-5-8-17(3)9-6-10-19(4,22)18(15-21)20-11-13-23-14-12-20/h16-18,21-22H,5-15H2,1-4H3. The average Bonchev–Trinajstić information content (AvgIpc) is 2.48. The van der Waals surface area contributed by atoms with Gasteiger partial charge in [-0.3, -0.25) is 4.90 Å². The van der Waals surface area contributed by atoms with Crippen molar-refractivity contribution in [3.05, 3.63) is 0 Å². The Morgan fingerprint density at radius 1 is 1.04 bits per heavy atom. The summed E-state index contributed by atoms with van der Waals surface area (Å²) in [7, 11) is 0. The van der Waals surface area contributed by atoms with Gasteiger partial charge in [0.15, 0.2) is 0 Å². The van der Waals surface area contributed by atoms with E-state index in [2.05, 4.69) is 25.7 Å². The van der Waals surface area contributed by atoms with Crippen molar-refractivity contribution in [2.75, 3.05) is 31.2 Å². The zero-order chi connectivity index (χ0) is 17.3. The number of thioether (sulfide) groups is 1. The molecule has 0 aromatic rings. The lowest BCUT2D eigenvalue weighted by Crippen LogP contribution is -2.55. The minimum absolute atomic E-state index is 0.0572. The van der Waals surface area contributed by atoms with Gasteiger partial charge >= 0.3 is 0 Å². The molecule has 1 aliphatic heterocycles. The number of nitrogens with zero attached hydrogens (tertiary/aromatic N) is 1. The maximum absolute atomic E-state index is 10.9. The second kappa shape index (κ2) is 11.0. The van der Waals surface area contributed by atoms with E-state index in [-0.39, 0.29) is 12.6 Å². The summed E-state index contributed by atoms with van der Waals surface area (Å²) in [6.45, 7) is 10.8. The smallest absolute Gasteiger partial charge is 0.0796 e. The normalized spacial score (nSPS) is 22.0. The van der Waals surface area contributed by atoms with Crippen molar-refractivity contribution in [1.29, 1.82) is 0 Å². The molecule has 0 radical (unpaired) electrons. The lowest BCUT2D eigenvalue weighted by Gasteiger charge is -2.41. The summed E-state index contributed by atoms with van der Waals surface area (Å²) in [6.07, 6.45) is 6.96. The number of aliphatic hydroxyl groups excluding tert-OH is 1. The third-order valence-electron chi connectivity index (χ3n) is 5.24. The van der Waals surface area contributed by atoms with Crippen LogP contribution in [0.25, 0.3) is 0 Å². The van der Waals surface area contributed by atoms with E-state index in [4.69, 9.17) is 0 Å². The lowest BCUT2D eigenvalue weighted by atomic mass is 9.87. The van der Waals surface area contributed by atoms with Crippen LogP contribution in [0, 0.1) is 11.8 Å². The summed E-state index contributed by atoms with van der Waals surface area (Å²) < 4.78 is 0. The summed E-state index contributed by atoms with van der Waals surface area (Å²) in [5.41, 5.74) is -0.783. The van der Waals surface area contributed by atoms with Crippen molar-refractivity contribution < 1.29 is 10.2 Å². The molecule has 0 aromatic carbocycles. The van der Waals surface area contributed by atoms with Crippen LogP contribution in [-0.4, -0.2) is 58.0 Å². The first-order valence-electron chi connectivity index (χ1n) is 9.52. The van der Waals surface area contributed by atoms with Crippen LogP contribution in [0.2, 0.25) is 0 Å². The second-order valence-electron chi connectivity index (χ2n) is 8.03. The predicted octanol–water partition coefficient (Wildman–Crippen LogP) is 3.78. The van der Waals surface area contributed by atoms with Crippen LogP contribution in [0.4, 0.5) is 0 Å². The molecule has 1 heterocycles. The Balaban J connectivity index is 2.32. The molecule has 1 saturated heterocycles. The molecule has 1 rings (SSSR count). The van der Waals surface area contributed by atoms with Gasteiger partial charge in [0.05, 0.1) is 18.2 Å². The van der Waals surface area contributed by atoms with E-state index in [1.165, 1.54) is 25.7 Å². The Morgan fingerprint density at radius 2 is 1.65 bits per heavy atom. The summed E-state index contributed by atoms with van der Waals surface area (Å²) in [5.74, 6) is 3.76. The third-order valence-corrected chi connectivity index (χ3v) is 6.18. The number of aliphatic hydroxyl groups is 2. The van der Waals surface area contributed by atoms with Gasteiger partial charge in [-0.15, -0.1) is 0 Å².